The van der Waals surface area contributed by atoms with Gasteiger partial charge in [-0.3, -0.25) is 0 Å². The highest BCUT2D eigenvalue weighted by Gasteiger charge is 2.10. The number of benzene rings is 3. The monoisotopic (exact) mass is 548 g/mol. The number of nitrogens with zero attached hydrogens (tertiary/aromatic N) is 1. The van der Waals surface area contributed by atoms with Gasteiger partial charge in [0, 0.05) is 46.9 Å². The van der Waals surface area contributed by atoms with Crippen molar-refractivity contribution in [3.63, 3.8) is 0 Å². The molecule has 0 saturated heterocycles. The fourth-order valence-corrected chi connectivity index (χ4v) is 3.87. The number of carbonyl (C=O) groups excluding carboxylic acids is 1. The molecular formula is C29H32N4O7. The number of rotatable bonds is 15. The summed E-state index contributed by atoms with van der Waals surface area (Å²) in [5.74, 6) is 2.95. The highest BCUT2D eigenvalue weighted by Crippen LogP contribution is 2.35. The fourth-order valence-electron chi connectivity index (χ4n) is 3.87. The van der Waals surface area contributed by atoms with Crippen molar-refractivity contribution >= 4 is 34.0 Å². The molecule has 4 aromatic rings. The zero-order valence-corrected chi connectivity index (χ0v) is 22.1. The number of ether oxygens (including phenoxy) is 5. The quantitative estimate of drug-likeness (QED) is 0.156. The van der Waals surface area contributed by atoms with Gasteiger partial charge in [-0.15, -0.1) is 0 Å². The summed E-state index contributed by atoms with van der Waals surface area (Å²) in [7, 11) is 1.58. The predicted molar refractivity (Wildman–Crippen MR) is 152 cm³/mol. The lowest BCUT2D eigenvalue weighted by Gasteiger charge is -2.14. The van der Waals surface area contributed by atoms with Crippen molar-refractivity contribution in [2.24, 2.45) is 5.73 Å². The van der Waals surface area contributed by atoms with Gasteiger partial charge in [-0.1, -0.05) is 24.3 Å². The Balaban J connectivity index is 1.42. The number of aliphatic hydroxyl groups excluding tert-OH is 1. The van der Waals surface area contributed by atoms with Gasteiger partial charge in [0.2, 0.25) is 0 Å². The van der Waals surface area contributed by atoms with Crippen LogP contribution in [-0.2, 0) is 9.47 Å². The summed E-state index contributed by atoms with van der Waals surface area (Å²) in [5.41, 5.74) is 6.62. The number of nitrogens with two attached hydrogens (primary N) is 1. The van der Waals surface area contributed by atoms with Crippen molar-refractivity contribution in [1.29, 1.82) is 0 Å². The maximum atomic E-state index is 11.4. The number of aromatic nitrogens is 1. The first-order chi connectivity index (χ1) is 19.6. The molecule has 0 bridgehead atoms. The van der Waals surface area contributed by atoms with E-state index < -0.39 is 6.03 Å². The number of hydrogen-bond acceptors (Lipinski definition) is 9. The Morgan fingerprint density at radius 2 is 1.62 bits per heavy atom. The average molecular weight is 549 g/mol. The van der Waals surface area contributed by atoms with Crippen LogP contribution in [0.5, 0.6) is 23.0 Å². The van der Waals surface area contributed by atoms with Crippen molar-refractivity contribution < 1.29 is 33.6 Å². The lowest BCUT2D eigenvalue weighted by molar-refractivity contribution is 0.0247. The normalized spacial score (nSPS) is 10.8. The van der Waals surface area contributed by atoms with Crippen molar-refractivity contribution in [3.05, 3.63) is 72.9 Å². The van der Waals surface area contributed by atoms with E-state index in [1.165, 1.54) is 0 Å². The summed E-state index contributed by atoms with van der Waals surface area (Å²) >= 11 is 0. The second kappa shape index (κ2) is 14.5. The first kappa shape index (κ1) is 28.4. The van der Waals surface area contributed by atoms with Crippen molar-refractivity contribution in [1.82, 2.24) is 4.98 Å². The Morgan fingerprint density at radius 1 is 0.875 bits per heavy atom. The van der Waals surface area contributed by atoms with Gasteiger partial charge in [0.1, 0.15) is 35.4 Å². The molecule has 1 heterocycles. The molecule has 0 aliphatic carbocycles. The van der Waals surface area contributed by atoms with Crippen molar-refractivity contribution in [2.75, 3.05) is 57.4 Å². The SMILES string of the molecule is COc1cc(Nc2cc(Oc3ccc(NC(N)=O)c4ccccc34)ccn2)cc(OCCOCCOCCO)c1. The number of nitrogens with one attached hydrogen (secondary N) is 2. The summed E-state index contributed by atoms with van der Waals surface area (Å²) in [5, 5.41) is 16.2. The topological polar surface area (TPSA) is 146 Å². The smallest absolute Gasteiger partial charge is 0.316 e. The minimum atomic E-state index is -0.636. The molecule has 0 unspecified atom stereocenters. The molecule has 0 aliphatic heterocycles. The number of primary amides is 1. The van der Waals surface area contributed by atoms with Crippen LogP contribution in [0, 0.1) is 0 Å². The number of fused-ring (bicyclic) bond motifs is 1. The van der Waals surface area contributed by atoms with Crippen molar-refractivity contribution in [2.45, 2.75) is 0 Å². The summed E-state index contributed by atoms with van der Waals surface area (Å²) < 4.78 is 28.1. The van der Waals surface area contributed by atoms with E-state index in [4.69, 9.17) is 34.5 Å². The molecule has 40 heavy (non-hydrogen) atoms. The van der Waals surface area contributed by atoms with Crippen LogP contribution in [0.3, 0.4) is 0 Å². The highest BCUT2D eigenvalue weighted by molar-refractivity contribution is 6.03. The third-order valence-corrected chi connectivity index (χ3v) is 5.59. The molecule has 0 atom stereocenters. The Labute approximate surface area is 231 Å². The largest absolute Gasteiger partial charge is 0.497 e. The van der Waals surface area contributed by atoms with E-state index in [-0.39, 0.29) is 6.61 Å². The molecule has 0 aliphatic rings. The van der Waals surface area contributed by atoms with E-state index in [1.54, 1.807) is 43.6 Å². The van der Waals surface area contributed by atoms with E-state index in [2.05, 4.69) is 15.6 Å². The number of urea groups is 1. The van der Waals surface area contributed by atoms with E-state index in [0.717, 1.165) is 10.8 Å². The first-order valence-electron chi connectivity index (χ1n) is 12.6. The second-order valence-corrected chi connectivity index (χ2v) is 8.44. The number of methoxy groups -OCH3 is 1. The van der Waals surface area contributed by atoms with E-state index in [9.17, 15) is 4.79 Å². The Morgan fingerprint density at radius 3 is 2.40 bits per heavy atom. The Kier molecular flexibility index (Phi) is 10.3. The lowest BCUT2D eigenvalue weighted by Crippen LogP contribution is -2.19. The van der Waals surface area contributed by atoms with Gasteiger partial charge in [0.15, 0.2) is 0 Å². The Hall–Kier alpha value is -4.58. The van der Waals surface area contributed by atoms with Crippen LogP contribution in [0.1, 0.15) is 0 Å². The van der Waals surface area contributed by atoms with E-state index in [0.29, 0.717) is 73.2 Å². The molecule has 11 heteroatoms. The predicted octanol–water partition coefficient (Wildman–Crippen LogP) is 4.67. The fraction of sp³-hybridized carbons (Fsp3) is 0.241. The van der Waals surface area contributed by atoms with Crippen LogP contribution >= 0.6 is 0 Å². The van der Waals surface area contributed by atoms with Gasteiger partial charge in [-0.2, -0.15) is 0 Å². The first-order valence-corrected chi connectivity index (χ1v) is 12.6. The molecule has 0 fully saturated rings. The molecule has 1 aromatic heterocycles. The van der Waals surface area contributed by atoms with Gasteiger partial charge in [-0.25, -0.2) is 9.78 Å². The molecule has 2 amide bonds. The Bertz CT molecular complexity index is 1420. The molecule has 4 rings (SSSR count). The standard InChI is InChI=1S/C29H32N4O7/c1-36-22-16-20(17-23(18-22)39-15-14-38-13-12-37-11-10-34)32-28-19-21(8-9-31-28)40-27-7-6-26(33-29(30)35)24-4-2-3-5-25(24)27/h2-9,16-19,34H,10-15H2,1H3,(H,31,32)(H3,30,33,35). The van der Waals surface area contributed by atoms with Crippen LogP contribution in [0.4, 0.5) is 22.0 Å². The number of anilines is 3. The molecule has 0 saturated carbocycles. The lowest BCUT2D eigenvalue weighted by atomic mass is 10.1. The minimum Gasteiger partial charge on any atom is -0.497 e. The summed E-state index contributed by atoms with van der Waals surface area (Å²) in [4.78, 5) is 15.8. The third kappa shape index (κ3) is 8.21. The molecule has 210 valence electrons. The van der Waals surface area contributed by atoms with E-state index >= 15 is 0 Å². The number of aliphatic hydroxyl groups is 1. The number of pyridine rings is 1. The molecule has 3 aromatic carbocycles. The van der Waals surface area contributed by atoms with Crippen LogP contribution in [0.2, 0.25) is 0 Å². The highest BCUT2D eigenvalue weighted by atomic mass is 16.5. The van der Waals surface area contributed by atoms with Gasteiger partial charge >= 0.3 is 6.03 Å². The van der Waals surface area contributed by atoms with Crippen LogP contribution in [0.15, 0.2) is 72.9 Å². The number of hydrogen-bond donors (Lipinski definition) is 4. The summed E-state index contributed by atoms with van der Waals surface area (Å²) in [6, 6.07) is 19.4. The summed E-state index contributed by atoms with van der Waals surface area (Å²) in [6.07, 6.45) is 1.64. The zero-order chi connectivity index (χ0) is 28.2. The number of amides is 2. The molecule has 5 N–H and O–H groups in total. The van der Waals surface area contributed by atoms with Crippen molar-refractivity contribution in [3.8, 4) is 23.0 Å². The molecule has 0 radical (unpaired) electrons. The maximum absolute atomic E-state index is 11.4. The molecular weight excluding hydrogens is 516 g/mol. The number of carbonyl (C=O) groups is 1. The van der Waals surface area contributed by atoms with Gasteiger partial charge in [0.25, 0.3) is 0 Å². The minimum absolute atomic E-state index is 0.00920. The van der Waals surface area contributed by atoms with Crippen LogP contribution in [-0.4, -0.2) is 62.9 Å². The maximum Gasteiger partial charge on any atom is 0.316 e. The summed E-state index contributed by atoms with van der Waals surface area (Å²) in [6.45, 7) is 1.85. The molecule has 11 nitrogen and oxygen atoms in total. The average Bonchev–Trinajstić information content (AvgIpc) is 2.95. The second-order valence-electron chi connectivity index (χ2n) is 8.44. The molecule has 0 spiro atoms. The zero-order valence-electron chi connectivity index (χ0n) is 22.1. The third-order valence-electron chi connectivity index (χ3n) is 5.59. The van der Waals surface area contributed by atoms with E-state index in [1.807, 2.05) is 36.4 Å². The van der Waals surface area contributed by atoms with Gasteiger partial charge in [0.05, 0.1) is 45.8 Å². The van der Waals surface area contributed by atoms with Crippen LogP contribution in [0.25, 0.3) is 10.8 Å². The van der Waals surface area contributed by atoms with Gasteiger partial charge in [-0.05, 0) is 18.2 Å². The van der Waals surface area contributed by atoms with Crippen LogP contribution < -0.4 is 30.6 Å². The van der Waals surface area contributed by atoms with Gasteiger partial charge < -0.3 is 45.2 Å².